The monoisotopic (exact) mass is 190 g/mol. The molecule has 0 bridgehead atoms. The van der Waals surface area contributed by atoms with Gasteiger partial charge in [0, 0.05) is 18.6 Å². The van der Waals surface area contributed by atoms with Gasteiger partial charge in [-0.25, -0.2) is 9.59 Å². The number of hydrogen-bond acceptors (Lipinski definition) is 5. The smallest absolute Gasteiger partial charge is 0.335 e. The summed E-state index contributed by atoms with van der Waals surface area (Å²) < 4.78 is 4.06. The van der Waals surface area contributed by atoms with Crippen molar-refractivity contribution in [3.63, 3.8) is 0 Å². The minimum atomic E-state index is -2.54. The molecule has 0 aliphatic carbocycles. The highest BCUT2D eigenvalue weighted by Gasteiger charge is 2.24. The fourth-order valence-corrected chi connectivity index (χ4v) is 0.407. The molecule has 6 nitrogen and oxygen atoms in total. The summed E-state index contributed by atoms with van der Waals surface area (Å²) in [5.74, 6) is -5.00. The first-order valence-electron chi connectivity index (χ1n) is 3.46. The molecule has 0 rings (SSSR count). The van der Waals surface area contributed by atoms with Gasteiger partial charge >= 0.3 is 17.9 Å². The van der Waals surface area contributed by atoms with Crippen molar-refractivity contribution in [2.75, 3.05) is 0 Å². The van der Waals surface area contributed by atoms with Gasteiger partial charge in [-0.1, -0.05) is 6.92 Å². The largest absolute Gasteiger partial charge is 0.478 e. The average Bonchev–Trinajstić information content (AvgIpc) is 2.00. The Hall–Kier alpha value is -1.40. The number of carboxylic acid groups (broad SMARTS) is 1. The fourth-order valence-electron chi connectivity index (χ4n) is 0.407. The van der Waals surface area contributed by atoms with E-state index in [9.17, 15) is 9.59 Å². The van der Waals surface area contributed by atoms with E-state index in [1.54, 1.807) is 0 Å². The Labute approximate surface area is 74.1 Å². The maximum atomic E-state index is 10.6. The van der Waals surface area contributed by atoms with E-state index in [4.69, 9.17) is 15.3 Å². The van der Waals surface area contributed by atoms with Crippen molar-refractivity contribution in [2.24, 2.45) is 0 Å². The zero-order chi connectivity index (χ0) is 10.5. The van der Waals surface area contributed by atoms with Gasteiger partial charge in [-0.3, -0.25) is 0 Å². The summed E-state index contributed by atoms with van der Waals surface area (Å²) in [5, 5.41) is 25.7. The van der Waals surface area contributed by atoms with Crippen LogP contribution in [0, 0.1) is 0 Å². The van der Waals surface area contributed by atoms with Crippen LogP contribution in [-0.4, -0.2) is 33.2 Å². The minimum absolute atomic E-state index is 0.209. The summed E-state index contributed by atoms with van der Waals surface area (Å²) in [6.45, 7) is 1.38. The van der Waals surface area contributed by atoms with Gasteiger partial charge in [0.05, 0.1) is 0 Å². The highest BCUT2D eigenvalue weighted by molar-refractivity contribution is 5.90. The van der Waals surface area contributed by atoms with E-state index < -0.39 is 17.9 Å². The normalized spacial score (nSPS) is 11.6. The number of carboxylic acids is 1. The molecule has 0 aliphatic rings. The lowest BCUT2D eigenvalue weighted by Gasteiger charge is -2.17. The molecule has 74 valence electrons. The van der Waals surface area contributed by atoms with Gasteiger partial charge in [-0.05, 0) is 0 Å². The molecule has 0 aromatic heterocycles. The van der Waals surface area contributed by atoms with Crippen LogP contribution in [0.25, 0.3) is 0 Å². The van der Waals surface area contributed by atoms with Crippen LogP contribution in [0.2, 0.25) is 0 Å². The lowest BCUT2D eigenvalue weighted by atomic mass is 10.4. The van der Waals surface area contributed by atoms with E-state index in [1.807, 2.05) is 0 Å². The highest BCUT2D eigenvalue weighted by atomic mass is 16.8. The Morgan fingerprint density at radius 3 is 2.31 bits per heavy atom. The first kappa shape index (κ1) is 11.6. The Bertz CT molecular complexity index is 229. The summed E-state index contributed by atoms with van der Waals surface area (Å²) in [4.78, 5) is 20.5. The number of carbonyl (C=O) groups excluding carboxylic acids is 1. The van der Waals surface area contributed by atoms with Crippen LogP contribution in [0.4, 0.5) is 0 Å². The SMILES string of the molecule is CCC(O)(O)OC(=O)C=CC(=O)O. The average molecular weight is 190 g/mol. The van der Waals surface area contributed by atoms with E-state index >= 15 is 0 Å². The molecule has 0 unspecified atom stereocenters. The molecular formula is C7H10O6. The van der Waals surface area contributed by atoms with Crippen molar-refractivity contribution < 1.29 is 29.6 Å². The molecule has 0 saturated carbocycles. The second-order valence-electron chi connectivity index (χ2n) is 2.19. The summed E-state index contributed by atoms with van der Waals surface area (Å²) in [6, 6.07) is 0. The third-order valence-electron chi connectivity index (χ3n) is 1.09. The van der Waals surface area contributed by atoms with E-state index in [0.29, 0.717) is 12.2 Å². The van der Waals surface area contributed by atoms with Crippen molar-refractivity contribution in [1.29, 1.82) is 0 Å². The van der Waals surface area contributed by atoms with Crippen molar-refractivity contribution >= 4 is 11.9 Å². The Morgan fingerprint density at radius 2 is 1.92 bits per heavy atom. The number of hydrogen-bond donors (Lipinski definition) is 3. The number of aliphatic carboxylic acids is 1. The molecule has 0 spiro atoms. The molecule has 0 radical (unpaired) electrons. The summed E-state index contributed by atoms with van der Waals surface area (Å²) >= 11 is 0. The van der Waals surface area contributed by atoms with Crippen LogP contribution >= 0.6 is 0 Å². The standard InChI is InChI=1S/C7H10O6/c1-2-7(11,12)13-6(10)4-3-5(8)9/h3-4,11-12H,2H2,1H3,(H,8,9). The molecule has 0 heterocycles. The van der Waals surface area contributed by atoms with Gasteiger partial charge in [0.25, 0.3) is 0 Å². The number of carbonyl (C=O) groups is 2. The van der Waals surface area contributed by atoms with Gasteiger partial charge in [0.1, 0.15) is 0 Å². The molecule has 0 aromatic carbocycles. The van der Waals surface area contributed by atoms with E-state index in [2.05, 4.69) is 4.74 Å². The van der Waals surface area contributed by atoms with Gasteiger partial charge < -0.3 is 20.1 Å². The predicted molar refractivity (Wildman–Crippen MR) is 40.3 cm³/mol. The molecule has 0 fully saturated rings. The van der Waals surface area contributed by atoms with E-state index in [1.165, 1.54) is 6.92 Å². The molecule has 0 amide bonds. The number of aliphatic hydroxyl groups is 2. The van der Waals surface area contributed by atoms with Crippen LogP contribution in [0.3, 0.4) is 0 Å². The minimum Gasteiger partial charge on any atom is -0.478 e. The van der Waals surface area contributed by atoms with E-state index in [-0.39, 0.29) is 6.42 Å². The number of esters is 1. The first-order valence-corrected chi connectivity index (χ1v) is 3.46. The summed E-state index contributed by atoms with van der Waals surface area (Å²) in [7, 11) is 0. The van der Waals surface area contributed by atoms with Gasteiger partial charge in [-0.15, -0.1) is 0 Å². The van der Waals surface area contributed by atoms with Crippen molar-refractivity contribution in [1.82, 2.24) is 0 Å². The lowest BCUT2D eigenvalue weighted by molar-refractivity contribution is -0.317. The molecule has 13 heavy (non-hydrogen) atoms. The predicted octanol–water partition coefficient (Wildman–Crippen LogP) is -0.781. The molecule has 0 aromatic rings. The molecule has 3 N–H and O–H groups in total. The number of ether oxygens (including phenoxy) is 1. The van der Waals surface area contributed by atoms with Crippen LogP contribution in [0.15, 0.2) is 12.2 Å². The molecule has 0 saturated heterocycles. The Balaban J connectivity index is 4.09. The molecule has 6 heteroatoms. The highest BCUT2D eigenvalue weighted by Crippen LogP contribution is 2.06. The topological polar surface area (TPSA) is 104 Å². The van der Waals surface area contributed by atoms with Crippen LogP contribution in [-0.2, 0) is 14.3 Å². The van der Waals surface area contributed by atoms with Gasteiger partial charge in [0.2, 0.25) is 0 Å². The third kappa shape index (κ3) is 5.83. The Kier molecular flexibility index (Phi) is 4.09. The molecular weight excluding hydrogens is 180 g/mol. The zero-order valence-corrected chi connectivity index (χ0v) is 6.93. The first-order chi connectivity index (χ1) is 5.87. The van der Waals surface area contributed by atoms with Crippen molar-refractivity contribution in [2.45, 2.75) is 19.3 Å². The maximum Gasteiger partial charge on any atom is 0.335 e. The van der Waals surface area contributed by atoms with E-state index in [0.717, 1.165) is 0 Å². The molecule has 0 atom stereocenters. The van der Waals surface area contributed by atoms with Gasteiger partial charge in [0.15, 0.2) is 0 Å². The zero-order valence-electron chi connectivity index (χ0n) is 6.93. The molecule has 0 aliphatic heterocycles. The van der Waals surface area contributed by atoms with Crippen LogP contribution < -0.4 is 0 Å². The van der Waals surface area contributed by atoms with Crippen molar-refractivity contribution in [3.8, 4) is 0 Å². The second-order valence-corrected chi connectivity index (χ2v) is 2.19. The van der Waals surface area contributed by atoms with Gasteiger partial charge in [-0.2, -0.15) is 0 Å². The van der Waals surface area contributed by atoms with Crippen molar-refractivity contribution in [3.05, 3.63) is 12.2 Å². The van der Waals surface area contributed by atoms with Crippen LogP contribution in [0.1, 0.15) is 13.3 Å². The number of rotatable bonds is 4. The maximum absolute atomic E-state index is 10.6. The third-order valence-corrected chi connectivity index (χ3v) is 1.09. The van der Waals surface area contributed by atoms with Crippen LogP contribution in [0.5, 0.6) is 0 Å². The fraction of sp³-hybridized carbons (Fsp3) is 0.429. The summed E-state index contributed by atoms with van der Waals surface area (Å²) in [6.07, 6.45) is 0.910. The second kappa shape index (κ2) is 4.58. The quantitative estimate of drug-likeness (QED) is 0.305. The summed E-state index contributed by atoms with van der Waals surface area (Å²) in [5.41, 5.74) is 0. The Morgan fingerprint density at radius 1 is 1.38 bits per heavy atom. The lowest BCUT2D eigenvalue weighted by Crippen LogP contribution is -2.33.